The van der Waals surface area contributed by atoms with Gasteiger partial charge in [-0.05, 0) is 116 Å². The van der Waals surface area contributed by atoms with Crippen LogP contribution < -0.4 is 5.32 Å². The average Bonchev–Trinajstić information content (AvgIpc) is 3.10. The third kappa shape index (κ3) is 5.88. The first-order chi connectivity index (χ1) is 24.5. The molecule has 1 aromatic rings. The molecule has 7 atom stereocenters. The number of esters is 2. The number of fused-ring (bicyclic) bond motifs is 6. The minimum absolute atomic E-state index is 0.0129. The Morgan fingerprint density at radius 1 is 0.827 bits per heavy atom. The van der Waals surface area contributed by atoms with Gasteiger partial charge in [0.2, 0.25) is 0 Å². The molecular formula is C44H64N2O6. The molecule has 0 radical (unpaired) electrons. The zero-order chi connectivity index (χ0) is 37.3. The summed E-state index contributed by atoms with van der Waals surface area (Å²) in [5.41, 5.74) is 2.76. The van der Waals surface area contributed by atoms with Crippen LogP contribution in [0.2, 0.25) is 0 Å². The summed E-state index contributed by atoms with van der Waals surface area (Å²) in [5, 5.41) is 13.1. The number of allylic oxidation sites excluding steroid dienone is 1. The fourth-order valence-electron chi connectivity index (χ4n) is 13.2. The van der Waals surface area contributed by atoms with Crippen molar-refractivity contribution in [1.82, 2.24) is 10.2 Å². The molecule has 7 rings (SSSR count). The molecule has 6 aliphatic rings. The molecule has 5 fully saturated rings. The molecule has 1 heterocycles. The summed E-state index contributed by atoms with van der Waals surface area (Å²) >= 11 is 0. The molecule has 0 amide bonds. The first-order valence-corrected chi connectivity index (χ1v) is 20.4. The smallest absolute Gasteiger partial charge is 0.339 e. The van der Waals surface area contributed by atoms with Gasteiger partial charge in [0, 0.05) is 38.1 Å². The van der Waals surface area contributed by atoms with E-state index in [0.717, 1.165) is 103 Å². The Balaban J connectivity index is 1.14. The molecule has 1 aliphatic heterocycles. The molecule has 286 valence electrons. The second-order valence-electron chi connectivity index (χ2n) is 19.7. The number of carboxylic acid groups (broad SMARTS) is 1. The highest BCUT2D eigenvalue weighted by molar-refractivity contribution is 6.02. The molecule has 8 nitrogen and oxygen atoms in total. The number of aromatic carboxylic acids is 1. The van der Waals surface area contributed by atoms with E-state index in [1.54, 1.807) is 23.8 Å². The van der Waals surface area contributed by atoms with Crippen molar-refractivity contribution >= 4 is 17.9 Å². The van der Waals surface area contributed by atoms with Crippen LogP contribution in [0, 0.1) is 44.3 Å². The molecule has 0 aromatic heterocycles. The van der Waals surface area contributed by atoms with Crippen molar-refractivity contribution in [3.05, 3.63) is 46.5 Å². The number of nitrogens with one attached hydrogen (secondary N) is 1. The Kier molecular flexibility index (Phi) is 9.58. The van der Waals surface area contributed by atoms with Crippen molar-refractivity contribution in [3.63, 3.8) is 0 Å². The van der Waals surface area contributed by atoms with Crippen LogP contribution in [0.25, 0.3) is 0 Å². The van der Waals surface area contributed by atoms with E-state index in [2.05, 4.69) is 58.7 Å². The number of hydrogen-bond acceptors (Lipinski definition) is 7. The van der Waals surface area contributed by atoms with Gasteiger partial charge in [0.15, 0.2) is 0 Å². The summed E-state index contributed by atoms with van der Waals surface area (Å²) in [7, 11) is 0. The van der Waals surface area contributed by atoms with E-state index in [-0.39, 0.29) is 50.3 Å². The minimum Gasteiger partial charge on any atom is -0.478 e. The van der Waals surface area contributed by atoms with Crippen LogP contribution in [0.15, 0.2) is 35.4 Å². The maximum Gasteiger partial charge on any atom is 0.339 e. The Morgan fingerprint density at radius 3 is 2.23 bits per heavy atom. The van der Waals surface area contributed by atoms with Crippen LogP contribution in [0.4, 0.5) is 0 Å². The van der Waals surface area contributed by atoms with Gasteiger partial charge in [0.05, 0.1) is 16.5 Å². The summed E-state index contributed by atoms with van der Waals surface area (Å²) in [5.74, 6) is -0.725. The highest BCUT2D eigenvalue weighted by atomic mass is 16.5. The molecule has 0 bridgehead atoms. The molecule has 5 aliphatic carbocycles. The standard InChI is InChI=1S/C44H64N2O6/c1-39(2)18-20-44(38(50)51-27-26-46-24-22-45-23-25-46)21-19-42(6)31(32(44)28-39)12-13-34-41(5)16-15-35(40(3,4)33(41)14-17-43(34,42)7)52-37(49)30-11-9-8-10-29(30)36(47)48/h8-11,33-35,45H,12-28H2,1-7H3,(H,47,48)/t33-,34+,35-,41-,42+,43+,44-/m0/s1. The largest absolute Gasteiger partial charge is 0.478 e. The summed E-state index contributed by atoms with van der Waals surface area (Å²) in [4.78, 5) is 42.1. The second-order valence-corrected chi connectivity index (χ2v) is 19.7. The Hall–Kier alpha value is -2.71. The monoisotopic (exact) mass is 716 g/mol. The van der Waals surface area contributed by atoms with Crippen molar-refractivity contribution in [3.8, 4) is 0 Å². The van der Waals surface area contributed by atoms with Gasteiger partial charge in [-0.2, -0.15) is 0 Å². The summed E-state index contributed by atoms with van der Waals surface area (Å²) in [6, 6.07) is 6.37. The summed E-state index contributed by atoms with van der Waals surface area (Å²) in [6.45, 7) is 22.3. The molecular weight excluding hydrogens is 652 g/mol. The van der Waals surface area contributed by atoms with Gasteiger partial charge in [-0.3, -0.25) is 9.69 Å². The first kappa shape index (κ1) is 37.6. The molecule has 0 unspecified atom stereocenters. The third-order valence-corrected chi connectivity index (χ3v) is 16.3. The molecule has 1 saturated heterocycles. The van der Waals surface area contributed by atoms with E-state index in [1.165, 1.54) is 11.6 Å². The zero-order valence-corrected chi connectivity index (χ0v) is 33.0. The second kappa shape index (κ2) is 13.2. The van der Waals surface area contributed by atoms with Crippen molar-refractivity contribution in [2.24, 2.45) is 44.3 Å². The van der Waals surface area contributed by atoms with Crippen LogP contribution in [-0.4, -0.2) is 73.3 Å². The van der Waals surface area contributed by atoms with Gasteiger partial charge in [0.25, 0.3) is 0 Å². The maximum atomic E-state index is 14.4. The predicted octanol–water partition coefficient (Wildman–Crippen LogP) is 8.30. The Bertz CT molecular complexity index is 1630. The van der Waals surface area contributed by atoms with E-state index in [0.29, 0.717) is 18.4 Å². The van der Waals surface area contributed by atoms with Gasteiger partial charge < -0.3 is 19.9 Å². The number of carbonyl (C=O) groups excluding carboxylic acids is 2. The first-order valence-electron chi connectivity index (χ1n) is 20.4. The fraction of sp³-hybridized carbons (Fsp3) is 0.750. The van der Waals surface area contributed by atoms with E-state index >= 15 is 0 Å². The predicted molar refractivity (Wildman–Crippen MR) is 202 cm³/mol. The lowest BCUT2D eigenvalue weighted by Gasteiger charge is -2.71. The van der Waals surface area contributed by atoms with Crippen LogP contribution in [-0.2, 0) is 14.3 Å². The van der Waals surface area contributed by atoms with Gasteiger partial charge in [-0.15, -0.1) is 0 Å². The average molecular weight is 717 g/mol. The third-order valence-electron chi connectivity index (χ3n) is 16.3. The number of rotatable bonds is 7. The number of benzene rings is 1. The lowest BCUT2D eigenvalue weighted by molar-refractivity contribution is -0.205. The maximum absolute atomic E-state index is 14.4. The quantitative estimate of drug-likeness (QED) is 0.215. The lowest BCUT2D eigenvalue weighted by Crippen LogP contribution is -2.64. The van der Waals surface area contributed by atoms with E-state index in [1.807, 2.05) is 0 Å². The molecule has 4 saturated carbocycles. The van der Waals surface area contributed by atoms with Crippen LogP contribution >= 0.6 is 0 Å². The number of ether oxygens (including phenoxy) is 2. The van der Waals surface area contributed by atoms with E-state index in [9.17, 15) is 19.5 Å². The summed E-state index contributed by atoms with van der Waals surface area (Å²) in [6.07, 6.45) is 10.7. The molecule has 52 heavy (non-hydrogen) atoms. The van der Waals surface area contributed by atoms with E-state index < -0.39 is 17.4 Å². The SMILES string of the molecule is CC1(C)CC[C@]2(C(=O)OCCN3CCNCC3)CC[C@]3(C)C(=C2C1)CC[C@@H]1[C@@]2(C)CC[C@H](OC(=O)c4ccccc4C(=O)O)C(C)(C)[C@@H]2CC[C@]13C. The van der Waals surface area contributed by atoms with Crippen LogP contribution in [0.5, 0.6) is 0 Å². The normalized spacial score (nSPS) is 38.2. The Morgan fingerprint density at radius 2 is 1.52 bits per heavy atom. The number of nitrogens with zero attached hydrogens (tertiary/aromatic N) is 1. The van der Waals surface area contributed by atoms with Crippen molar-refractivity contribution in [1.29, 1.82) is 0 Å². The van der Waals surface area contributed by atoms with Crippen LogP contribution in [0.1, 0.15) is 140 Å². The molecule has 2 N–H and O–H groups in total. The number of carbonyl (C=O) groups is 3. The van der Waals surface area contributed by atoms with E-state index in [4.69, 9.17) is 9.47 Å². The fourth-order valence-corrected chi connectivity index (χ4v) is 13.2. The highest BCUT2D eigenvalue weighted by Gasteiger charge is 2.68. The zero-order valence-electron chi connectivity index (χ0n) is 33.0. The number of carboxylic acids is 1. The van der Waals surface area contributed by atoms with Gasteiger partial charge in [-0.1, -0.05) is 71.7 Å². The van der Waals surface area contributed by atoms with Crippen molar-refractivity contribution in [2.45, 2.75) is 125 Å². The van der Waals surface area contributed by atoms with Gasteiger partial charge >= 0.3 is 17.9 Å². The number of piperazine rings is 1. The molecule has 1 aromatic carbocycles. The number of hydrogen-bond donors (Lipinski definition) is 2. The van der Waals surface area contributed by atoms with Crippen LogP contribution in [0.3, 0.4) is 0 Å². The molecule has 0 spiro atoms. The Labute approximate surface area is 311 Å². The topological polar surface area (TPSA) is 105 Å². The van der Waals surface area contributed by atoms with Crippen molar-refractivity contribution < 1.29 is 29.0 Å². The highest BCUT2D eigenvalue weighted by Crippen LogP contribution is 2.75. The van der Waals surface area contributed by atoms with Crippen molar-refractivity contribution in [2.75, 3.05) is 39.3 Å². The minimum atomic E-state index is -1.12. The summed E-state index contributed by atoms with van der Waals surface area (Å²) < 4.78 is 12.5. The molecule has 8 heteroatoms. The van der Waals surface area contributed by atoms with Gasteiger partial charge in [-0.25, -0.2) is 9.59 Å². The van der Waals surface area contributed by atoms with Gasteiger partial charge in [0.1, 0.15) is 12.7 Å². The lowest BCUT2D eigenvalue weighted by atomic mass is 9.34.